The fraction of sp³-hybridized carbons (Fsp3) is 0.565. The van der Waals surface area contributed by atoms with Gasteiger partial charge in [-0.15, -0.1) is 0 Å². The van der Waals surface area contributed by atoms with Gasteiger partial charge < -0.3 is 0 Å². The van der Waals surface area contributed by atoms with E-state index in [0.29, 0.717) is 17.9 Å². The standard InChI is InChI=1S/C23H29F3N6/c1-14(2)18-8-20(23(24,25)26)32-21(29-18)9-19(30-32)17-6-5-7-31(13-17)12-16-10-27-22(15(3)4)28-11-16/h8-11,14-15,17H,5-7,12-13H2,1-4H3/t17-/m0/s1. The zero-order valence-corrected chi connectivity index (χ0v) is 18.9. The molecule has 4 heterocycles. The van der Waals surface area contributed by atoms with Crippen molar-refractivity contribution in [1.82, 2.24) is 29.5 Å². The lowest BCUT2D eigenvalue weighted by Crippen LogP contribution is -2.34. The van der Waals surface area contributed by atoms with Crippen LogP contribution < -0.4 is 0 Å². The number of alkyl halides is 3. The lowest BCUT2D eigenvalue weighted by atomic mass is 9.94. The Morgan fingerprint density at radius 3 is 2.41 bits per heavy atom. The summed E-state index contributed by atoms with van der Waals surface area (Å²) in [7, 11) is 0. The molecule has 0 unspecified atom stereocenters. The van der Waals surface area contributed by atoms with Gasteiger partial charge in [0, 0.05) is 54.6 Å². The highest BCUT2D eigenvalue weighted by atomic mass is 19.4. The number of piperidine rings is 1. The second kappa shape index (κ2) is 8.77. The maximum atomic E-state index is 13.7. The Bertz CT molecular complexity index is 1070. The van der Waals surface area contributed by atoms with Crippen LogP contribution in [-0.4, -0.2) is 42.6 Å². The summed E-state index contributed by atoms with van der Waals surface area (Å²) in [6.45, 7) is 10.2. The molecule has 0 aromatic carbocycles. The summed E-state index contributed by atoms with van der Waals surface area (Å²) in [6.07, 6.45) is 1.09. The largest absolute Gasteiger partial charge is 0.433 e. The molecule has 6 nitrogen and oxygen atoms in total. The molecule has 1 fully saturated rings. The van der Waals surface area contributed by atoms with Crippen LogP contribution in [0.1, 0.15) is 86.8 Å². The van der Waals surface area contributed by atoms with Gasteiger partial charge >= 0.3 is 6.18 Å². The number of hydrogen-bond acceptors (Lipinski definition) is 5. The highest BCUT2D eigenvalue weighted by Gasteiger charge is 2.36. The Morgan fingerprint density at radius 1 is 1.06 bits per heavy atom. The van der Waals surface area contributed by atoms with Crippen LogP contribution in [0.2, 0.25) is 0 Å². The van der Waals surface area contributed by atoms with Crippen molar-refractivity contribution in [3.8, 4) is 0 Å². The predicted octanol–water partition coefficient (Wildman–Crippen LogP) is 5.16. The summed E-state index contributed by atoms with van der Waals surface area (Å²) in [6, 6.07) is 2.83. The summed E-state index contributed by atoms with van der Waals surface area (Å²) in [4.78, 5) is 15.6. The maximum Gasteiger partial charge on any atom is 0.433 e. The van der Waals surface area contributed by atoms with Gasteiger partial charge in [-0.2, -0.15) is 18.3 Å². The number of fused-ring (bicyclic) bond motifs is 1. The van der Waals surface area contributed by atoms with Crippen molar-refractivity contribution in [1.29, 1.82) is 0 Å². The monoisotopic (exact) mass is 446 g/mol. The molecule has 9 heteroatoms. The van der Waals surface area contributed by atoms with Gasteiger partial charge in [0.05, 0.1) is 5.69 Å². The van der Waals surface area contributed by atoms with E-state index in [-0.39, 0.29) is 23.4 Å². The molecule has 1 saturated heterocycles. The first-order valence-electron chi connectivity index (χ1n) is 11.1. The van der Waals surface area contributed by atoms with Gasteiger partial charge in [0.2, 0.25) is 0 Å². The van der Waals surface area contributed by atoms with Crippen LogP contribution in [0.15, 0.2) is 24.5 Å². The number of halogens is 3. The van der Waals surface area contributed by atoms with Crippen molar-refractivity contribution in [2.45, 2.75) is 71.0 Å². The van der Waals surface area contributed by atoms with Crippen LogP contribution in [0.25, 0.3) is 5.65 Å². The summed E-state index contributed by atoms with van der Waals surface area (Å²) in [5.74, 6) is 1.06. The molecule has 0 radical (unpaired) electrons. The van der Waals surface area contributed by atoms with Crippen molar-refractivity contribution in [2.24, 2.45) is 0 Å². The number of hydrogen-bond donors (Lipinski definition) is 0. The van der Waals surface area contributed by atoms with Crippen LogP contribution in [0.3, 0.4) is 0 Å². The molecule has 0 N–H and O–H groups in total. The number of aromatic nitrogens is 5. The van der Waals surface area contributed by atoms with Crippen LogP contribution >= 0.6 is 0 Å². The quantitative estimate of drug-likeness (QED) is 0.542. The van der Waals surface area contributed by atoms with Crippen LogP contribution in [-0.2, 0) is 12.7 Å². The molecule has 3 aromatic heterocycles. The lowest BCUT2D eigenvalue weighted by molar-refractivity contribution is -0.142. The number of nitrogens with zero attached hydrogens (tertiary/aromatic N) is 6. The van der Waals surface area contributed by atoms with E-state index < -0.39 is 11.9 Å². The van der Waals surface area contributed by atoms with E-state index in [0.717, 1.165) is 47.9 Å². The zero-order valence-electron chi connectivity index (χ0n) is 18.9. The predicted molar refractivity (Wildman–Crippen MR) is 115 cm³/mol. The van der Waals surface area contributed by atoms with Gasteiger partial charge in [0.15, 0.2) is 5.65 Å². The smallest absolute Gasteiger partial charge is 0.298 e. The molecule has 32 heavy (non-hydrogen) atoms. The van der Waals surface area contributed by atoms with Gasteiger partial charge in [-0.1, -0.05) is 27.7 Å². The molecular formula is C23H29F3N6. The lowest BCUT2D eigenvalue weighted by Gasteiger charge is -2.31. The molecule has 0 amide bonds. The average Bonchev–Trinajstić information content (AvgIpc) is 3.17. The Hall–Kier alpha value is -2.55. The van der Waals surface area contributed by atoms with Crippen LogP contribution in [0, 0.1) is 0 Å². The van der Waals surface area contributed by atoms with Gasteiger partial charge in [0.25, 0.3) is 0 Å². The summed E-state index contributed by atoms with van der Waals surface area (Å²) >= 11 is 0. The second-order valence-corrected chi connectivity index (χ2v) is 9.24. The fourth-order valence-electron chi connectivity index (χ4n) is 4.15. The van der Waals surface area contributed by atoms with Crippen molar-refractivity contribution < 1.29 is 13.2 Å². The first-order chi connectivity index (χ1) is 15.1. The molecule has 0 saturated carbocycles. The van der Waals surface area contributed by atoms with Crippen LogP contribution in [0.4, 0.5) is 13.2 Å². The van der Waals surface area contributed by atoms with E-state index in [9.17, 15) is 13.2 Å². The topological polar surface area (TPSA) is 59.2 Å². The Balaban J connectivity index is 1.57. The third-order valence-corrected chi connectivity index (χ3v) is 5.92. The van der Waals surface area contributed by atoms with Crippen molar-refractivity contribution in [3.63, 3.8) is 0 Å². The average molecular weight is 447 g/mol. The van der Waals surface area contributed by atoms with E-state index >= 15 is 0 Å². The highest BCUT2D eigenvalue weighted by Crippen LogP contribution is 2.33. The first kappa shape index (κ1) is 22.6. The molecule has 1 atom stereocenters. The van der Waals surface area contributed by atoms with E-state index in [1.807, 2.05) is 26.2 Å². The molecule has 0 bridgehead atoms. The van der Waals surface area contributed by atoms with Crippen molar-refractivity contribution in [3.05, 3.63) is 53.0 Å². The van der Waals surface area contributed by atoms with Crippen LogP contribution in [0.5, 0.6) is 0 Å². The molecule has 1 aliphatic rings. The van der Waals surface area contributed by atoms with E-state index in [1.54, 1.807) is 6.07 Å². The molecule has 172 valence electrons. The van der Waals surface area contributed by atoms with Gasteiger partial charge in [-0.25, -0.2) is 19.5 Å². The summed E-state index contributed by atoms with van der Waals surface area (Å²) in [5.41, 5.74) is 1.61. The molecule has 0 spiro atoms. The Labute approximate surface area is 185 Å². The molecule has 1 aliphatic heterocycles. The minimum atomic E-state index is -4.49. The SMILES string of the molecule is CC(C)c1cc(C(F)(F)F)n2nc([C@H]3CCCN(Cc4cnc(C(C)C)nc4)C3)cc2n1. The number of likely N-dealkylation sites (tertiary alicyclic amines) is 1. The van der Waals surface area contributed by atoms with E-state index in [2.05, 4.69) is 38.8 Å². The summed E-state index contributed by atoms with van der Waals surface area (Å²) in [5, 5.41) is 4.36. The third-order valence-electron chi connectivity index (χ3n) is 5.92. The molecule has 3 aromatic rings. The van der Waals surface area contributed by atoms with E-state index in [1.165, 1.54) is 0 Å². The Kier molecular flexibility index (Phi) is 6.20. The maximum absolute atomic E-state index is 13.7. The normalized spacial score (nSPS) is 18.2. The van der Waals surface area contributed by atoms with Crippen molar-refractivity contribution in [2.75, 3.05) is 13.1 Å². The highest BCUT2D eigenvalue weighted by molar-refractivity contribution is 5.44. The summed E-state index contributed by atoms with van der Waals surface area (Å²) < 4.78 is 42.0. The van der Waals surface area contributed by atoms with Gasteiger partial charge in [-0.3, -0.25) is 4.90 Å². The minimum Gasteiger partial charge on any atom is -0.298 e. The minimum absolute atomic E-state index is 0.0601. The van der Waals surface area contributed by atoms with Crippen molar-refractivity contribution >= 4 is 5.65 Å². The third kappa shape index (κ3) is 4.77. The Morgan fingerprint density at radius 2 is 1.78 bits per heavy atom. The second-order valence-electron chi connectivity index (χ2n) is 9.24. The zero-order chi connectivity index (χ0) is 23.0. The van der Waals surface area contributed by atoms with Gasteiger partial charge in [-0.05, 0) is 31.4 Å². The molecule has 4 rings (SSSR count). The van der Waals surface area contributed by atoms with Gasteiger partial charge in [0.1, 0.15) is 11.5 Å². The number of rotatable bonds is 5. The fourth-order valence-corrected chi connectivity index (χ4v) is 4.15. The van der Waals surface area contributed by atoms with E-state index in [4.69, 9.17) is 0 Å². The molecular weight excluding hydrogens is 417 g/mol. The molecule has 0 aliphatic carbocycles. The first-order valence-corrected chi connectivity index (χ1v) is 11.1.